The fourth-order valence-electron chi connectivity index (χ4n) is 6.48. The Morgan fingerprint density at radius 1 is 0.757 bits per heavy atom. The van der Waals surface area contributed by atoms with Gasteiger partial charge < -0.3 is 15.0 Å². The molecule has 6 aromatic carbocycles. The van der Waals surface area contributed by atoms with Gasteiger partial charge in [-0.15, -0.1) is 0 Å². The van der Waals surface area contributed by atoms with Crippen LogP contribution in [-0.4, -0.2) is 28.5 Å². The van der Waals surface area contributed by atoms with Crippen LogP contribution >= 0.6 is 0 Å². The lowest BCUT2D eigenvalue weighted by Crippen LogP contribution is -2.52. The number of carbonyl (C=O) groups excluding carboxylic acids is 2. The third-order valence-electron chi connectivity index (χ3n) is 7.92. The molecular weight excluding hydrogens is 460 g/mol. The van der Waals surface area contributed by atoms with Crippen molar-refractivity contribution in [2.75, 3.05) is 0 Å². The molecule has 0 spiro atoms. The highest BCUT2D eigenvalue weighted by molar-refractivity contribution is 6.44. The van der Waals surface area contributed by atoms with E-state index in [-0.39, 0.29) is 11.8 Å². The molecule has 2 amide bonds. The molecule has 1 heterocycles. The van der Waals surface area contributed by atoms with Gasteiger partial charge >= 0.3 is 6.09 Å². The van der Waals surface area contributed by atoms with Gasteiger partial charge in [0.25, 0.3) is 0 Å². The zero-order chi connectivity index (χ0) is 25.8. The molecule has 5 heteroatoms. The zero-order valence-electron chi connectivity index (χ0n) is 21.9. The summed E-state index contributed by atoms with van der Waals surface area (Å²) < 4.78 is 5.46. The maximum Gasteiger partial charge on any atom is 0.408 e. The van der Waals surface area contributed by atoms with Gasteiger partial charge in [-0.3, -0.25) is 4.79 Å². The van der Waals surface area contributed by atoms with Crippen LogP contribution in [0.5, 0.6) is 0 Å². The van der Waals surface area contributed by atoms with E-state index in [4.69, 9.17) is 4.74 Å². The number of amides is 2. The predicted octanol–water partition coefficient (Wildman–Crippen LogP) is 7.16. The fraction of sp³-hybridized carbons (Fsp3) is 0.312. The predicted molar refractivity (Wildman–Crippen MR) is 150 cm³/mol. The Morgan fingerprint density at radius 2 is 1.22 bits per heavy atom. The number of alkyl carbamates (subject to hydrolysis) is 1. The molecule has 5 nitrogen and oxygen atoms in total. The van der Waals surface area contributed by atoms with Crippen molar-refractivity contribution >= 4 is 65.9 Å². The van der Waals surface area contributed by atoms with Gasteiger partial charge in [-0.25, -0.2) is 4.79 Å². The van der Waals surface area contributed by atoms with Crippen LogP contribution in [0, 0.1) is 5.92 Å². The van der Waals surface area contributed by atoms with Crippen LogP contribution in [0.4, 0.5) is 4.79 Å². The van der Waals surface area contributed by atoms with Gasteiger partial charge in [0, 0.05) is 13.1 Å². The van der Waals surface area contributed by atoms with E-state index in [2.05, 4.69) is 53.8 Å². The minimum atomic E-state index is -0.660. The van der Waals surface area contributed by atoms with Crippen LogP contribution < -0.4 is 5.32 Å². The number of hydrogen-bond acceptors (Lipinski definition) is 3. The molecule has 0 unspecified atom stereocenters. The summed E-state index contributed by atoms with van der Waals surface area (Å²) in [5.74, 6) is -0.156. The van der Waals surface area contributed by atoms with Gasteiger partial charge in [0.05, 0.1) is 0 Å². The third kappa shape index (κ3) is 3.16. The first kappa shape index (κ1) is 22.3. The maximum absolute atomic E-state index is 13.9. The first-order valence-corrected chi connectivity index (χ1v) is 13.1. The molecule has 0 aromatic heterocycles. The number of nitrogens with one attached hydrogen (secondary N) is 1. The molecule has 1 aliphatic heterocycles. The van der Waals surface area contributed by atoms with Crippen LogP contribution in [0.25, 0.3) is 53.9 Å². The molecule has 1 N–H and O–H groups in total. The number of hydrogen-bond donors (Lipinski definition) is 1. The summed E-state index contributed by atoms with van der Waals surface area (Å²) in [6, 6.07) is 17.2. The summed E-state index contributed by atoms with van der Waals surface area (Å²) in [4.78, 5) is 28.3. The normalized spacial score (nSPS) is 15.2. The van der Waals surface area contributed by atoms with Crippen molar-refractivity contribution in [2.24, 2.45) is 5.92 Å². The lowest BCUT2D eigenvalue weighted by molar-refractivity contribution is -0.136. The van der Waals surface area contributed by atoms with E-state index in [9.17, 15) is 9.59 Å². The molecule has 0 aliphatic carbocycles. The number of nitrogens with zero attached hydrogens (tertiary/aromatic N) is 1. The van der Waals surface area contributed by atoms with Crippen molar-refractivity contribution in [1.82, 2.24) is 10.2 Å². The van der Waals surface area contributed by atoms with E-state index in [0.717, 1.165) is 0 Å². The Morgan fingerprint density at radius 3 is 1.68 bits per heavy atom. The first-order chi connectivity index (χ1) is 17.6. The standard InChI is InChI=1S/C32H30N2O3/c1-16(2)29(33-31(36)37-32(3,4)5)30(35)34-14-21-12-19-10-8-17-6-7-18-9-11-20-13-22(15-34)23(21)28-26(19)24(17)25(18)27(20)28/h6-13,16,29H,14-15H2,1-5H3,(H,33,36)/t29-/m0/s1. The van der Waals surface area contributed by atoms with E-state index in [1.54, 1.807) is 0 Å². The van der Waals surface area contributed by atoms with Gasteiger partial charge in [-0.2, -0.15) is 0 Å². The van der Waals surface area contributed by atoms with Gasteiger partial charge in [-0.1, -0.05) is 50.2 Å². The molecule has 1 atom stereocenters. The highest BCUT2D eigenvalue weighted by Crippen LogP contribution is 2.50. The van der Waals surface area contributed by atoms with E-state index in [1.807, 2.05) is 39.5 Å². The molecule has 0 saturated heterocycles. The topological polar surface area (TPSA) is 58.6 Å². The Hall–Kier alpha value is -3.86. The Balaban J connectivity index is 1.35. The zero-order valence-corrected chi connectivity index (χ0v) is 21.9. The highest BCUT2D eigenvalue weighted by Gasteiger charge is 2.34. The van der Waals surface area contributed by atoms with Crippen molar-refractivity contribution in [2.45, 2.75) is 59.4 Å². The van der Waals surface area contributed by atoms with Crippen molar-refractivity contribution in [3.8, 4) is 0 Å². The Labute approximate surface area is 215 Å². The maximum atomic E-state index is 13.9. The van der Waals surface area contributed by atoms with Crippen LogP contribution in [0.1, 0.15) is 45.7 Å². The number of benzene rings is 5. The number of carbonyl (C=O) groups is 2. The summed E-state index contributed by atoms with van der Waals surface area (Å²) in [6.07, 6.45) is -0.562. The summed E-state index contributed by atoms with van der Waals surface area (Å²) >= 11 is 0. The lowest BCUT2D eigenvalue weighted by atomic mass is 9.88. The van der Waals surface area contributed by atoms with Crippen molar-refractivity contribution in [3.05, 3.63) is 59.7 Å². The molecule has 0 saturated carbocycles. The second-order valence-corrected chi connectivity index (χ2v) is 12.0. The van der Waals surface area contributed by atoms with E-state index in [1.165, 1.54) is 65.0 Å². The average Bonchev–Trinajstić information content (AvgIpc) is 3.21. The molecule has 7 rings (SSSR count). The quantitative estimate of drug-likeness (QED) is 0.268. The highest BCUT2D eigenvalue weighted by atomic mass is 16.6. The lowest BCUT2D eigenvalue weighted by Gasteiger charge is -2.34. The molecule has 1 aliphatic rings. The van der Waals surface area contributed by atoms with Crippen molar-refractivity contribution in [1.29, 1.82) is 0 Å². The van der Waals surface area contributed by atoms with Gasteiger partial charge in [0.2, 0.25) is 5.91 Å². The van der Waals surface area contributed by atoms with E-state index in [0.29, 0.717) is 13.1 Å². The first-order valence-electron chi connectivity index (χ1n) is 13.1. The smallest absolute Gasteiger partial charge is 0.408 e. The van der Waals surface area contributed by atoms with Crippen LogP contribution in [0.2, 0.25) is 0 Å². The van der Waals surface area contributed by atoms with Crippen LogP contribution in [0.15, 0.2) is 48.5 Å². The average molecular weight is 491 g/mol. The van der Waals surface area contributed by atoms with Gasteiger partial charge in [-0.05, 0) is 104 Å². The van der Waals surface area contributed by atoms with E-state index >= 15 is 0 Å². The largest absolute Gasteiger partial charge is 0.444 e. The van der Waals surface area contributed by atoms with E-state index < -0.39 is 17.7 Å². The second kappa shape index (κ2) is 7.34. The van der Waals surface area contributed by atoms with Gasteiger partial charge in [0.1, 0.15) is 11.6 Å². The Bertz CT molecular complexity index is 1740. The number of ether oxygens (including phenoxy) is 1. The number of rotatable bonds is 3. The minimum Gasteiger partial charge on any atom is -0.444 e. The van der Waals surface area contributed by atoms with Gasteiger partial charge in [0.15, 0.2) is 0 Å². The molecule has 37 heavy (non-hydrogen) atoms. The fourth-order valence-corrected chi connectivity index (χ4v) is 6.48. The molecular formula is C32H30N2O3. The summed E-state index contributed by atoms with van der Waals surface area (Å²) in [5, 5.41) is 15.9. The molecule has 186 valence electrons. The molecule has 0 radical (unpaired) electrons. The molecule has 0 bridgehead atoms. The summed E-state index contributed by atoms with van der Waals surface area (Å²) in [6.45, 7) is 10.4. The molecule has 6 aromatic rings. The SMILES string of the molecule is CC(C)[C@H](NC(=O)OC(C)(C)C)C(=O)N1Cc2cc3ccc4ccc5ccc6cc(c2c2c3c4c5c62)C1. The Kier molecular flexibility index (Phi) is 4.44. The summed E-state index contributed by atoms with van der Waals surface area (Å²) in [5.41, 5.74) is 1.71. The van der Waals surface area contributed by atoms with Crippen molar-refractivity contribution in [3.63, 3.8) is 0 Å². The van der Waals surface area contributed by atoms with Crippen molar-refractivity contribution < 1.29 is 14.3 Å². The van der Waals surface area contributed by atoms with Crippen LogP contribution in [0.3, 0.4) is 0 Å². The second-order valence-electron chi connectivity index (χ2n) is 12.0. The minimum absolute atomic E-state index is 0.0761. The third-order valence-corrected chi connectivity index (χ3v) is 7.92. The van der Waals surface area contributed by atoms with Crippen LogP contribution in [-0.2, 0) is 22.6 Å². The summed E-state index contributed by atoms with van der Waals surface area (Å²) in [7, 11) is 0. The molecule has 0 fully saturated rings. The monoisotopic (exact) mass is 490 g/mol.